The maximum atomic E-state index is 12.6. The molecule has 2 heterocycles. The third-order valence-electron chi connectivity index (χ3n) is 4.27. The molecule has 0 bridgehead atoms. The average molecular weight is 356 g/mol. The van der Waals surface area contributed by atoms with Crippen LogP contribution in [0.2, 0.25) is 0 Å². The number of para-hydroxylation sites is 2. The topological polar surface area (TPSA) is 66.9 Å². The van der Waals surface area contributed by atoms with Gasteiger partial charge in [0.25, 0.3) is 0 Å². The highest BCUT2D eigenvalue weighted by Crippen LogP contribution is 2.24. The number of nitrogens with one attached hydrogen (secondary N) is 1. The molecule has 0 unspecified atom stereocenters. The second kappa shape index (κ2) is 9.05. The molecule has 2 aromatic rings. The molecule has 138 valence electrons. The van der Waals surface area contributed by atoms with Crippen molar-refractivity contribution in [2.24, 2.45) is 0 Å². The molecular formula is C19H24N4O3. The van der Waals surface area contributed by atoms with Gasteiger partial charge in [0.05, 0.1) is 12.3 Å². The van der Waals surface area contributed by atoms with Crippen molar-refractivity contribution in [2.75, 3.05) is 56.7 Å². The van der Waals surface area contributed by atoms with Crippen LogP contribution in [0.25, 0.3) is 0 Å². The molecule has 1 aromatic heterocycles. The molecule has 0 aliphatic carbocycles. The Morgan fingerprint density at radius 3 is 2.54 bits per heavy atom. The highest BCUT2D eigenvalue weighted by Gasteiger charge is 2.22. The SMILES string of the molecule is COCCOc1ccccc1NC(=O)N1CCN(c2ccncc2)CC1. The Hall–Kier alpha value is -2.80. The predicted octanol–water partition coefficient (Wildman–Crippen LogP) is 2.46. The van der Waals surface area contributed by atoms with Gasteiger partial charge >= 0.3 is 6.03 Å². The monoisotopic (exact) mass is 356 g/mol. The van der Waals surface area contributed by atoms with Crippen molar-refractivity contribution in [3.05, 3.63) is 48.8 Å². The molecule has 0 spiro atoms. The molecule has 1 fully saturated rings. The number of carbonyl (C=O) groups is 1. The summed E-state index contributed by atoms with van der Waals surface area (Å²) in [6.45, 7) is 3.86. The lowest BCUT2D eigenvalue weighted by Crippen LogP contribution is -2.50. The summed E-state index contributed by atoms with van der Waals surface area (Å²) in [6, 6.07) is 11.3. The average Bonchev–Trinajstić information content (AvgIpc) is 2.70. The summed E-state index contributed by atoms with van der Waals surface area (Å²) in [6.07, 6.45) is 3.57. The summed E-state index contributed by atoms with van der Waals surface area (Å²) >= 11 is 0. The largest absolute Gasteiger partial charge is 0.489 e. The van der Waals surface area contributed by atoms with E-state index >= 15 is 0 Å². The molecule has 1 aromatic carbocycles. The number of piperazine rings is 1. The minimum Gasteiger partial charge on any atom is -0.489 e. The first kappa shape index (κ1) is 18.0. The van der Waals surface area contributed by atoms with Crippen LogP contribution >= 0.6 is 0 Å². The molecule has 1 N–H and O–H groups in total. The third-order valence-corrected chi connectivity index (χ3v) is 4.27. The first-order valence-corrected chi connectivity index (χ1v) is 8.69. The Morgan fingerprint density at radius 2 is 1.81 bits per heavy atom. The molecule has 1 aliphatic heterocycles. The molecule has 7 nitrogen and oxygen atoms in total. The van der Waals surface area contributed by atoms with Crippen molar-refractivity contribution in [1.29, 1.82) is 0 Å². The van der Waals surface area contributed by atoms with E-state index in [0.717, 1.165) is 18.8 Å². The van der Waals surface area contributed by atoms with Crippen LogP contribution in [0.5, 0.6) is 5.75 Å². The van der Waals surface area contributed by atoms with E-state index in [4.69, 9.17) is 9.47 Å². The highest BCUT2D eigenvalue weighted by molar-refractivity contribution is 5.91. The van der Waals surface area contributed by atoms with Gasteiger partial charge in [-0.3, -0.25) is 4.98 Å². The van der Waals surface area contributed by atoms with Gasteiger partial charge in [0.2, 0.25) is 0 Å². The molecule has 0 atom stereocenters. The summed E-state index contributed by atoms with van der Waals surface area (Å²) in [7, 11) is 1.63. The van der Waals surface area contributed by atoms with Gasteiger partial charge in [-0.1, -0.05) is 12.1 Å². The van der Waals surface area contributed by atoms with E-state index in [1.165, 1.54) is 0 Å². The molecule has 0 radical (unpaired) electrons. The van der Waals surface area contributed by atoms with Gasteiger partial charge in [0.15, 0.2) is 0 Å². The number of hydrogen-bond acceptors (Lipinski definition) is 5. The quantitative estimate of drug-likeness (QED) is 0.806. The minimum absolute atomic E-state index is 0.109. The standard InChI is InChI=1S/C19H24N4O3/c1-25-14-15-26-18-5-3-2-4-17(18)21-19(24)23-12-10-22(11-13-23)16-6-8-20-9-7-16/h2-9H,10-15H2,1H3,(H,21,24). The van der Waals surface area contributed by atoms with Gasteiger partial charge in [0, 0.05) is 51.4 Å². The van der Waals surface area contributed by atoms with Crippen molar-refractivity contribution in [1.82, 2.24) is 9.88 Å². The maximum Gasteiger partial charge on any atom is 0.322 e. The summed E-state index contributed by atoms with van der Waals surface area (Å²) < 4.78 is 10.7. The number of carbonyl (C=O) groups excluding carboxylic acids is 1. The van der Waals surface area contributed by atoms with E-state index in [1.807, 2.05) is 41.3 Å². The predicted molar refractivity (Wildman–Crippen MR) is 101 cm³/mol. The normalized spacial score (nSPS) is 14.2. The van der Waals surface area contributed by atoms with Crippen molar-refractivity contribution < 1.29 is 14.3 Å². The Labute approximate surface area is 153 Å². The van der Waals surface area contributed by atoms with Gasteiger partial charge in [-0.2, -0.15) is 0 Å². The Morgan fingerprint density at radius 1 is 1.08 bits per heavy atom. The van der Waals surface area contributed by atoms with Crippen LogP contribution in [0.1, 0.15) is 0 Å². The molecular weight excluding hydrogens is 332 g/mol. The molecule has 3 rings (SSSR count). The lowest BCUT2D eigenvalue weighted by Gasteiger charge is -2.36. The molecule has 2 amide bonds. The van der Waals surface area contributed by atoms with Crippen LogP contribution < -0.4 is 15.0 Å². The van der Waals surface area contributed by atoms with Gasteiger partial charge in [-0.05, 0) is 24.3 Å². The summed E-state index contributed by atoms with van der Waals surface area (Å²) in [5.74, 6) is 0.647. The Bertz CT molecular complexity index is 703. The number of aromatic nitrogens is 1. The van der Waals surface area contributed by atoms with Gasteiger partial charge in [0.1, 0.15) is 12.4 Å². The van der Waals surface area contributed by atoms with Crippen LogP contribution in [0.3, 0.4) is 0 Å². The first-order valence-electron chi connectivity index (χ1n) is 8.69. The van der Waals surface area contributed by atoms with Gasteiger partial charge < -0.3 is 24.6 Å². The van der Waals surface area contributed by atoms with Crippen LogP contribution in [0, 0.1) is 0 Å². The molecule has 7 heteroatoms. The van der Waals surface area contributed by atoms with Crippen molar-refractivity contribution in [3.63, 3.8) is 0 Å². The number of amides is 2. The Balaban J connectivity index is 1.55. The van der Waals surface area contributed by atoms with Crippen molar-refractivity contribution in [3.8, 4) is 5.75 Å². The second-order valence-corrected chi connectivity index (χ2v) is 5.95. The van der Waals surface area contributed by atoms with E-state index in [0.29, 0.717) is 37.7 Å². The Kier molecular flexibility index (Phi) is 6.27. The smallest absolute Gasteiger partial charge is 0.322 e. The van der Waals surface area contributed by atoms with Crippen molar-refractivity contribution >= 4 is 17.4 Å². The van der Waals surface area contributed by atoms with E-state index < -0.39 is 0 Å². The number of urea groups is 1. The number of ether oxygens (including phenoxy) is 2. The minimum atomic E-state index is -0.109. The summed E-state index contributed by atoms with van der Waals surface area (Å²) in [5.41, 5.74) is 1.81. The fourth-order valence-electron chi connectivity index (χ4n) is 2.85. The molecule has 1 aliphatic rings. The van der Waals surface area contributed by atoms with Crippen LogP contribution in [-0.2, 0) is 4.74 Å². The maximum absolute atomic E-state index is 12.6. The number of hydrogen-bond donors (Lipinski definition) is 1. The fourth-order valence-corrected chi connectivity index (χ4v) is 2.85. The number of nitrogens with zero attached hydrogens (tertiary/aromatic N) is 3. The summed E-state index contributed by atoms with van der Waals surface area (Å²) in [4.78, 5) is 20.7. The molecule has 26 heavy (non-hydrogen) atoms. The zero-order valence-corrected chi connectivity index (χ0v) is 14.9. The van der Waals surface area contributed by atoms with Crippen molar-refractivity contribution in [2.45, 2.75) is 0 Å². The number of methoxy groups -OCH3 is 1. The van der Waals surface area contributed by atoms with Gasteiger partial charge in [-0.15, -0.1) is 0 Å². The lowest BCUT2D eigenvalue weighted by molar-refractivity contribution is 0.146. The van der Waals surface area contributed by atoms with Crippen LogP contribution in [0.15, 0.2) is 48.8 Å². The number of benzene rings is 1. The number of pyridine rings is 1. The molecule has 1 saturated heterocycles. The van der Waals surface area contributed by atoms with Gasteiger partial charge in [-0.25, -0.2) is 4.79 Å². The van der Waals surface area contributed by atoms with E-state index in [9.17, 15) is 4.79 Å². The first-order chi connectivity index (χ1) is 12.8. The molecule has 0 saturated carbocycles. The zero-order valence-electron chi connectivity index (χ0n) is 14.9. The van der Waals surface area contributed by atoms with E-state index in [1.54, 1.807) is 19.5 Å². The second-order valence-electron chi connectivity index (χ2n) is 5.95. The zero-order chi connectivity index (χ0) is 18.2. The highest BCUT2D eigenvalue weighted by atomic mass is 16.5. The van der Waals surface area contributed by atoms with Crippen LogP contribution in [0.4, 0.5) is 16.2 Å². The van der Waals surface area contributed by atoms with E-state index in [-0.39, 0.29) is 6.03 Å². The summed E-state index contributed by atoms with van der Waals surface area (Å²) in [5, 5.41) is 2.95. The number of anilines is 2. The van der Waals surface area contributed by atoms with E-state index in [2.05, 4.69) is 15.2 Å². The van der Waals surface area contributed by atoms with Crippen LogP contribution in [-0.4, -0.2) is 62.4 Å². The fraction of sp³-hybridized carbons (Fsp3) is 0.368. The third kappa shape index (κ3) is 4.64. The lowest BCUT2D eigenvalue weighted by atomic mass is 10.2. The number of rotatable bonds is 6.